The van der Waals surface area contributed by atoms with Crippen molar-refractivity contribution in [2.24, 2.45) is 0 Å². The molecule has 164 valence electrons. The van der Waals surface area contributed by atoms with Gasteiger partial charge in [0.1, 0.15) is 0 Å². The molecule has 0 aromatic carbocycles. The van der Waals surface area contributed by atoms with E-state index in [2.05, 4.69) is 43.4 Å². The van der Waals surface area contributed by atoms with Crippen molar-refractivity contribution in [3.8, 4) is 0 Å². The Bertz CT molecular complexity index is 1180. The number of amides is 3. The van der Waals surface area contributed by atoms with Crippen LogP contribution in [-0.4, -0.2) is 68.1 Å². The highest BCUT2D eigenvalue weighted by atomic mass is 16.2. The number of nitrogens with one attached hydrogen (secondary N) is 1. The molecule has 3 aromatic heterocycles. The third-order valence-electron chi connectivity index (χ3n) is 6.87. The molecule has 0 spiro atoms. The Kier molecular flexibility index (Phi) is 4.65. The molecule has 6 rings (SSSR count). The number of aromatic nitrogens is 3. The average Bonchev–Trinajstić information content (AvgIpc) is 3.49. The summed E-state index contributed by atoms with van der Waals surface area (Å²) in [5.74, 6) is -0.231. The maximum atomic E-state index is 12.3. The molecular formula is C23H25N7O2. The van der Waals surface area contributed by atoms with Gasteiger partial charge >= 0.3 is 6.03 Å². The maximum absolute atomic E-state index is 12.3. The molecule has 0 aliphatic carbocycles. The second-order valence-corrected chi connectivity index (χ2v) is 8.91. The molecule has 9 heteroatoms. The predicted molar refractivity (Wildman–Crippen MR) is 118 cm³/mol. The normalized spacial score (nSPS) is 23.9. The van der Waals surface area contributed by atoms with Gasteiger partial charge in [-0.15, -0.1) is 0 Å². The van der Waals surface area contributed by atoms with Gasteiger partial charge in [0.15, 0.2) is 0 Å². The van der Waals surface area contributed by atoms with Crippen LogP contribution in [-0.2, 0) is 17.9 Å². The van der Waals surface area contributed by atoms with Gasteiger partial charge in [0.25, 0.3) is 0 Å². The number of piperazine rings is 1. The van der Waals surface area contributed by atoms with E-state index in [-0.39, 0.29) is 11.9 Å². The number of rotatable bonds is 5. The SMILES string of the molecule is O=C1CCN(c2cnn3ccc(CN4C[C@H]5C[C@@H]4CN5Cc4cccnc4)cc23)C(=O)N1. The number of hydrogen-bond donors (Lipinski definition) is 1. The highest BCUT2D eigenvalue weighted by Crippen LogP contribution is 2.33. The fourth-order valence-electron chi connectivity index (χ4n) is 5.29. The van der Waals surface area contributed by atoms with Crippen molar-refractivity contribution in [3.63, 3.8) is 0 Å². The first-order chi connectivity index (χ1) is 15.6. The first-order valence-electron chi connectivity index (χ1n) is 11.1. The van der Waals surface area contributed by atoms with Crippen LogP contribution >= 0.6 is 0 Å². The van der Waals surface area contributed by atoms with Crippen LogP contribution in [0.5, 0.6) is 0 Å². The Hall–Kier alpha value is -3.30. The van der Waals surface area contributed by atoms with Crippen LogP contribution in [0.25, 0.3) is 5.52 Å². The highest BCUT2D eigenvalue weighted by molar-refractivity contribution is 6.07. The number of urea groups is 1. The van der Waals surface area contributed by atoms with E-state index in [1.54, 1.807) is 15.6 Å². The minimum atomic E-state index is -0.382. The summed E-state index contributed by atoms with van der Waals surface area (Å²) in [7, 11) is 0. The van der Waals surface area contributed by atoms with E-state index < -0.39 is 0 Å². The second-order valence-electron chi connectivity index (χ2n) is 8.91. The van der Waals surface area contributed by atoms with Crippen molar-refractivity contribution in [1.29, 1.82) is 0 Å². The summed E-state index contributed by atoms with van der Waals surface area (Å²) in [6, 6.07) is 9.14. The first kappa shape index (κ1) is 19.4. The molecule has 9 nitrogen and oxygen atoms in total. The number of pyridine rings is 2. The van der Waals surface area contributed by atoms with Gasteiger partial charge in [-0.05, 0) is 35.7 Å². The molecule has 3 aliphatic heterocycles. The molecule has 0 saturated carbocycles. The fourth-order valence-corrected chi connectivity index (χ4v) is 5.29. The Morgan fingerprint density at radius 1 is 1.03 bits per heavy atom. The highest BCUT2D eigenvalue weighted by Gasteiger charge is 2.42. The minimum Gasteiger partial charge on any atom is -0.293 e. The average molecular weight is 432 g/mol. The number of nitrogens with zero attached hydrogens (tertiary/aromatic N) is 6. The summed E-state index contributed by atoms with van der Waals surface area (Å²) in [6.07, 6.45) is 8.94. The van der Waals surface area contributed by atoms with Gasteiger partial charge in [-0.3, -0.25) is 29.8 Å². The molecule has 3 aromatic rings. The molecular weight excluding hydrogens is 406 g/mol. The van der Waals surface area contributed by atoms with E-state index in [1.807, 2.05) is 24.7 Å². The molecule has 6 heterocycles. The van der Waals surface area contributed by atoms with Gasteiger partial charge in [0, 0.05) is 69.8 Å². The van der Waals surface area contributed by atoms with Gasteiger partial charge in [0.05, 0.1) is 17.4 Å². The number of hydrogen-bond acceptors (Lipinski definition) is 6. The Morgan fingerprint density at radius 3 is 2.56 bits per heavy atom. The number of fused-ring (bicyclic) bond motifs is 3. The molecule has 1 N–H and O–H groups in total. The second kappa shape index (κ2) is 7.68. The van der Waals surface area contributed by atoms with Crippen molar-refractivity contribution >= 4 is 23.1 Å². The van der Waals surface area contributed by atoms with E-state index in [0.29, 0.717) is 25.0 Å². The summed E-state index contributed by atoms with van der Waals surface area (Å²) < 4.78 is 1.79. The van der Waals surface area contributed by atoms with Gasteiger partial charge < -0.3 is 0 Å². The number of likely N-dealkylation sites (tertiary alicyclic amines) is 2. The molecule has 3 amide bonds. The fraction of sp³-hybridized carbons (Fsp3) is 0.391. The summed E-state index contributed by atoms with van der Waals surface area (Å²) in [5, 5.41) is 6.78. The summed E-state index contributed by atoms with van der Waals surface area (Å²) in [6.45, 7) is 4.38. The van der Waals surface area contributed by atoms with Crippen LogP contribution in [0, 0.1) is 0 Å². The zero-order valence-corrected chi connectivity index (χ0v) is 17.7. The molecule has 32 heavy (non-hydrogen) atoms. The van der Waals surface area contributed by atoms with Gasteiger partial charge in [0.2, 0.25) is 5.91 Å². The quantitative estimate of drug-likeness (QED) is 0.661. The Balaban J connectivity index is 1.16. The number of imide groups is 1. The van der Waals surface area contributed by atoms with Gasteiger partial charge in [-0.2, -0.15) is 5.10 Å². The van der Waals surface area contributed by atoms with Crippen molar-refractivity contribution in [3.05, 3.63) is 60.2 Å². The Morgan fingerprint density at radius 2 is 1.84 bits per heavy atom. The van der Waals surface area contributed by atoms with Crippen molar-refractivity contribution in [2.45, 2.75) is 38.0 Å². The lowest BCUT2D eigenvalue weighted by Crippen LogP contribution is -2.49. The van der Waals surface area contributed by atoms with Crippen LogP contribution in [0.2, 0.25) is 0 Å². The van der Waals surface area contributed by atoms with E-state index in [4.69, 9.17) is 0 Å². The lowest BCUT2D eigenvalue weighted by atomic mass is 10.2. The lowest BCUT2D eigenvalue weighted by Gasteiger charge is -2.34. The Labute approximate surface area is 185 Å². The van der Waals surface area contributed by atoms with Crippen LogP contribution in [0.3, 0.4) is 0 Å². The molecule has 2 bridgehead atoms. The smallest absolute Gasteiger partial charge is 0.293 e. The van der Waals surface area contributed by atoms with Crippen LogP contribution in [0.1, 0.15) is 24.0 Å². The zero-order chi connectivity index (χ0) is 21.7. The maximum Gasteiger partial charge on any atom is 0.328 e. The molecule has 2 atom stereocenters. The van der Waals surface area contributed by atoms with Crippen molar-refractivity contribution < 1.29 is 9.59 Å². The zero-order valence-electron chi connectivity index (χ0n) is 17.7. The number of carbonyl (C=O) groups excluding carboxylic acids is 2. The third-order valence-corrected chi connectivity index (χ3v) is 6.87. The molecule has 3 aliphatic rings. The molecule has 3 fully saturated rings. The largest absolute Gasteiger partial charge is 0.328 e. The third kappa shape index (κ3) is 3.43. The van der Waals surface area contributed by atoms with Crippen molar-refractivity contribution in [1.82, 2.24) is 29.7 Å². The van der Waals surface area contributed by atoms with E-state index in [0.717, 1.165) is 37.4 Å². The topological polar surface area (TPSA) is 86.1 Å². The number of carbonyl (C=O) groups is 2. The van der Waals surface area contributed by atoms with Crippen molar-refractivity contribution in [2.75, 3.05) is 24.5 Å². The van der Waals surface area contributed by atoms with Gasteiger partial charge in [-0.25, -0.2) is 9.31 Å². The first-order valence-corrected chi connectivity index (χ1v) is 11.1. The van der Waals surface area contributed by atoms with Crippen LogP contribution < -0.4 is 10.2 Å². The molecule has 3 saturated heterocycles. The van der Waals surface area contributed by atoms with Crippen LogP contribution in [0.4, 0.5) is 10.5 Å². The predicted octanol–water partition coefficient (Wildman–Crippen LogP) is 1.63. The minimum absolute atomic E-state index is 0.231. The van der Waals surface area contributed by atoms with E-state index in [1.165, 1.54) is 17.5 Å². The lowest BCUT2D eigenvalue weighted by molar-refractivity contribution is -0.120. The van der Waals surface area contributed by atoms with Crippen LogP contribution in [0.15, 0.2) is 49.1 Å². The summed E-state index contributed by atoms with van der Waals surface area (Å²) in [5.41, 5.74) is 4.10. The van der Waals surface area contributed by atoms with Gasteiger partial charge in [-0.1, -0.05) is 6.07 Å². The molecule has 0 unspecified atom stereocenters. The van der Waals surface area contributed by atoms with E-state index >= 15 is 0 Å². The van der Waals surface area contributed by atoms with E-state index in [9.17, 15) is 9.59 Å². The monoisotopic (exact) mass is 431 g/mol. The summed E-state index contributed by atoms with van der Waals surface area (Å²) in [4.78, 5) is 34.8. The molecule has 0 radical (unpaired) electrons. The summed E-state index contributed by atoms with van der Waals surface area (Å²) >= 11 is 0. The standard InChI is InChI=1S/C23H25N7O2/c31-22-4-6-29(23(32)26-22)21-11-25-30-7-3-16(8-20(21)30)12-27-14-19-9-18(27)15-28(19)13-17-2-1-5-24-10-17/h1-3,5,7-8,10-11,18-19H,4,6,9,12-15H2,(H,26,31,32)/t18-,19-/m1/s1. The number of anilines is 1.